The van der Waals surface area contributed by atoms with Gasteiger partial charge in [0.1, 0.15) is 5.75 Å². The molecule has 1 aliphatic rings. The van der Waals surface area contributed by atoms with Crippen molar-refractivity contribution in [1.82, 2.24) is 0 Å². The highest BCUT2D eigenvalue weighted by Crippen LogP contribution is 2.39. The highest BCUT2D eigenvalue weighted by Gasteiger charge is 2.28. The quantitative estimate of drug-likeness (QED) is 0.716. The van der Waals surface area contributed by atoms with Gasteiger partial charge in [0.25, 0.3) is 0 Å². The molecule has 0 atom stereocenters. The Kier molecular flexibility index (Phi) is 3.96. The van der Waals surface area contributed by atoms with Crippen LogP contribution < -0.4 is 4.74 Å². The summed E-state index contributed by atoms with van der Waals surface area (Å²) in [6, 6.07) is 16.3. The minimum absolute atomic E-state index is 0.151. The molecule has 2 aromatic rings. The number of nitrogens with zero attached hydrogens (tertiary/aromatic N) is 1. The van der Waals surface area contributed by atoms with Crippen molar-refractivity contribution in [3.8, 4) is 11.8 Å². The molecule has 3 rings (SSSR count). The molecule has 0 fully saturated rings. The molecule has 0 radical (unpaired) electrons. The molecule has 23 heavy (non-hydrogen) atoms. The second kappa shape index (κ2) is 5.93. The number of allylic oxidation sites excluding steroid dienone is 1. The first-order valence-electron chi connectivity index (χ1n) is 7.96. The van der Waals surface area contributed by atoms with Gasteiger partial charge in [-0.2, -0.15) is 5.26 Å². The van der Waals surface area contributed by atoms with Crippen LogP contribution in [0.2, 0.25) is 0 Å². The van der Waals surface area contributed by atoms with Gasteiger partial charge in [0.2, 0.25) is 0 Å². The predicted octanol–water partition coefficient (Wildman–Crippen LogP) is 5.18. The van der Waals surface area contributed by atoms with Gasteiger partial charge in [0.15, 0.2) is 0 Å². The van der Waals surface area contributed by atoms with Crippen LogP contribution in [0.15, 0.2) is 42.5 Å². The molecule has 0 bridgehead atoms. The molecule has 2 nitrogen and oxygen atoms in total. The molecule has 0 N–H and O–H groups in total. The molecular weight excluding hydrogens is 282 g/mol. The summed E-state index contributed by atoms with van der Waals surface area (Å²) in [7, 11) is 0. The van der Waals surface area contributed by atoms with E-state index in [4.69, 9.17) is 10.00 Å². The molecule has 1 aliphatic heterocycles. The van der Waals surface area contributed by atoms with E-state index < -0.39 is 0 Å². The molecule has 116 valence electrons. The van der Waals surface area contributed by atoms with E-state index in [0.29, 0.717) is 5.56 Å². The Morgan fingerprint density at radius 2 is 1.91 bits per heavy atom. The van der Waals surface area contributed by atoms with Gasteiger partial charge < -0.3 is 4.74 Å². The van der Waals surface area contributed by atoms with E-state index >= 15 is 0 Å². The molecule has 0 amide bonds. The monoisotopic (exact) mass is 303 g/mol. The fourth-order valence-electron chi connectivity index (χ4n) is 2.97. The Hall–Kier alpha value is -2.53. The van der Waals surface area contributed by atoms with Crippen molar-refractivity contribution in [1.29, 1.82) is 5.26 Å². The fraction of sp³-hybridized carbons (Fsp3) is 0.286. The summed E-state index contributed by atoms with van der Waals surface area (Å²) in [5, 5.41) is 8.87. The minimum Gasteiger partial charge on any atom is -0.493 e. The van der Waals surface area contributed by atoms with Crippen molar-refractivity contribution in [3.05, 3.63) is 64.7 Å². The van der Waals surface area contributed by atoms with Gasteiger partial charge in [-0.3, -0.25) is 0 Å². The van der Waals surface area contributed by atoms with E-state index in [-0.39, 0.29) is 5.41 Å². The minimum atomic E-state index is 0.151. The maximum Gasteiger partial charge on any atom is 0.123 e. The molecule has 2 heteroatoms. The second-order valence-electron chi connectivity index (χ2n) is 6.75. The standard InChI is InChI=1S/C21H21NO/c1-15(12-16-4-6-17(14-22)7-5-16)18-8-9-20-19(13-18)21(2,3)10-11-23-20/h4-9,12-13H,10-11H2,1-3H3/b15-12+. The summed E-state index contributed by atoms with van der Waals surface area (Å²) in [5.74, 6) is 1.01. The zero-order valence-electron chi connectivity index (χ0n) is 13.9. The van der Waals surface area contributed by atoms with Gasteiger partial charge in [0, 0.05) is 5.56 Å². The molecule has 1 heterocycles. The number of nitriles is 1. The highest BCUT2D eigenvalue weighted by molar-refractivity contribution is 5.81. The summed E-state index contributed by atoms with van der Waals surface area (Å²) >= 11 is 0. The van der Waals surface area contributed by atoms with Crippen molar-refractivity contribution in [2.75, 3.05) is 6.61 Å². The van der Waals surface area contributed by atoms with Crippen molar-refractivity contribution in [3.63, 3.8) is 0 Å². The number of fused-ring (bicyclic) bond motifs is 1. The normalized spacial score (nSPS) is 16.2. The molecule has 0 aliphatic carbocycles. The summed E-state index contributed by atoms with van der Waals surface area (Å²) in [6.45, 7) is 7.46. The molecular formula is C21H21NO. The number of hydrogen-bond acceptors (Lipinski definition) is 2. The summed E-state index contributed by atoms with van der Waals surface area (Å²) in [5.41, 5.74) is 5.65. The van der Waals surface area contributed by atoms with E-state index in [2.05, 4.69) is 51.1 Å². The van der Waals surface area contributed by atoms with Gasteiger partial charge in [0.05, 0.1) is 18.2 Å². The Balaban J connectivity index is 1.95. The third-order valence-electron chi connectivity index (χ3n) is 4.57. The van der Waals surface area contributed by atoms with Crippen LogP contribution in [0.3, 0.4) is 0 Å². The summed E-state index contributed by atoms with van der Waals surface area (Å²) < 4.78 is 5.79. The van der Waals surface area contributed by atoms with Crippen LogP contribution in [-0.4, -0.2) is 6.61 Å². The third kappa shape index (κ3) is 3.14. The lowest BCUT2D eigenvalue weighted by atomic mass is 9.79. The molecule has 0 saturated heterocycles. The number of rotatable bonds is 2. The van der Waals surface area contributed by atoms with Crippen LogP contribution in [0.5, 0.6) is 5.75 Å². The lowest BCUT2D eigenvalue weighted by Gasteiger charge is -2.32. The Labute approximate surface area is 138 Å². The topological polar surface area (TPSA) is 33.0 Å². The zero-order chi connectivity index (χ0) is 16.4. The van der Waals surface area contributed by atoms with Crippen molar-refractivity contribution >= 4 is 11.6 Å². The van der Waals surface area contributed by atoms with E-state index in [0.717, 1.165) is 24.3 Å². The van der Waals surface area contributed by atoms with Gasteiger partial charge in [-0.25, -0.2) is 0 Å². The average molecular weight is 303 g/mol. The Bertz CT molecular complexity index is 792. The summed E-state index contributed by atoms with van der Waals surface area (Å²) in [6.07, 6.45) is 3.20. The van der Waals surface area contributed by atoms with Crippen LogP contribution in [0.25, 0.3) is 11.6 Å². The number of ether oxygens (including phenoxy) is 1. The van der Waals surface area contributed by atoms with Crippen LogP contribution >= 0.6 is 0 Å². The molecule has 0 saturated carbocycles. The highest BCUT2D eigenvalue weighted by atomic mass is 16.5. The van der Waals surface area contributed by atoms with Crippen LogP contribution in [0.4, 0.5) is 0 Å². The Morgan fingerprint density at radius 1 is 1.17 bits per heavy atom. The second-order valence-corrected chi connectivity index (χ2v) is 6.75. The van der Waals surface area contributed by atoms with Gasteiger partial charge in [-0.1, -0.05) is 38.1 Å². The lowest BCUT2D eigenvalue weighted by molar-refractivity contribution is 0.234. The average Bonchev–Trinajstić information content (AvgIpc) is 2.55. The molecule has 0 spiro atoms. The predicted molar refractivity (Wildman–Crippen MR) is 94.3 cm³/mol. The van der Waals surface area contributed by atoms with Crippen molar-refractivity contribution in [2.45, 2.75) is 32.6 Å². The van der Waals surface area contributed by atoms with Gasteiger partial charge in [-0.05, 0) is 59.7 Å². The molecule has 0 aromatic heterocycles. The fourth-order valence-corrected chi connectivity index (χ4v) is 2.97. The number of benzene rings is 2. The van der Waals surface area contributed by atoms with Crippen molar-refractivity contribution in [2.24, 2.45) is 0 Å². The van der Waals surface area contributed by atoms with Gasteiger partial charge in [-0.15, -0.1) is 0 Å². The largest absolute Gasteiger partial charge is 0.493 e. The Morgan fingerprint density at radius 3 is 2.61 bits per heavy atom. The maximum absolute atomic E-state index is 8.87. The maximum atomic E-state index is 8.87. The van der Waals surface area contributed by atoms with Gasteiger partial charge >= 0.3 is 0 Å². The van der Waals surface area contributed by atoms with E-state index in [1.807, 2.05) is 24.3 Å². The first-order valence-corrected chi connectivity index (χ1v) is 7.96. The number of hydrogen-bond donors (Lipinski definition) is 0. The SMILES string of the molecule is C/C(=C\c1ccc(C#N)cc1)c1ccc2c(c1)C(C)(C)CCO2. The van der Waals surface area contributed by atoms with E-state index in [9.17, 15) is 0 Å². The smallest absolute Gasteiger partial charge is 0.123 e. The van der Waals surface area contributed by atoms with Crippen LogP contribution in [0.1, 0.15) is 49.4 Å². The third-order valence-corrected chi connectivity index (χ3v) is 4.57. The first-order chi connectivity index (χ1) is 11.0. The lowest BCUT2D eigenvalue weighted by Crippen LogP contribution is -2.26. The van der Waals surface area contributed by atoms with E-state index in [1.54, 1.807) is 0 Å². The van der Waals surface area contributed by atoms with Crippen LogP contribution in [-0.2, 0) is 5.41 Å². The molecule has 0 unspecified atom stereocenters. The molecule has 2 aromatic carbocycles. The summed E-state index contributed by atoms with van der Waals surface area (Å²) in [4.78, 5) is 0. The first kappa shape index (κ1) is 15.4. The zero-order valence-corrected chi connectivity index (χ0v) is 13.9. The van der Waals surface area contributed by atoms with E-state index in [1.165, 1.54) is 16.7 Å². The van der Waals surface area contributed by atoms with Crippen LogP contribution in [0, 0.1) is 11.3 Å². The van der Waals surface area contributed by atoms with Crippen molar-refractivity contribution < 1.29 is 4.74 Å².